The van der Waals surface area contributed by atoms with Gasteiger partial charge in [-0.2, -0.15) is 14.6 Å². The van der Waals surface area contributed by atoms with Gasteiger partial charge >= 0.3 is 5.69 Å². The first kappa shape index (κ1) is 11.1. The number of rotatable bonds is 2. The fraction of sp³-hybridized carbons (Fsp3) is 0.444. The van der Waals surface area contributed by atoms with Crippen LogP contribution in [0.1, 0.15) is 11.7 Å². The normalized spacial score (nSPS) is 23.8. The lowest BCUT2D eigenvalue weighted by molar-refractivity contribution is -0.0880. The summed E-state index contributed by atoms with van der Waals surface area (Å²) < 4.78 is 11.7. The Kier molecular flexibility index (Phi) is 2.51. The predicted molar refractivity (Wildman–Crippen MR) is 58.7 cm³/mol. The summed E-state index contributed by atoms with van der Waals surface area (Å²) in [7, 11) is 0. The van der Waals surface area contributed by atoms with E-state index in [9.17, 15) is 4.79 Å². The van der Waals surface area contributed by atoms with E-state index < -0.39 is 18.1 Å². The molecule has 1 aliphatic rings. The zero-order chi connectivity index (χ0) is 12.7. The highest BCUT2D eigenvalue weighted by Gasteiger charge is 2.29. The number of fused-ring (bicyclic) bond motifs is 1. The third kappa shape index (κ3) is 1.65. The molecule has 0 radical (unpaired) electrons. The molecule has 96 valence electrons. The van der Waals surface area contributed by atoms with Gasteiger partial charge in [0.05, 0.1) is 19.4 Å². The van der Waals surface area contributed by atoms with Crippen molar-refractivity contribution in [2.24, 2.45) is 0 Å². The van der Waals surface area contributed by atoms with Crippen LogP contribution < -0.4 is 11.4 Å². The van der Waals surface area contributed by atoms with Crippen molar-refractivity contribution in [3.63, 3.8) is 0 Å². The Bertz CT molecular complexity index is 635. The number of nitrogens with one attached hydrogen (secondary N) is 1. The van der Waals surface area contributed by atoms with Crippen molar-refractivity contribution in [3.05, 3.63) is 22.2 Å². The Hall–Kier alpha value is -1.97. The maximum Gasteiger partial charge on any atom is 0.350 e. The number of aliphatic hydroxyl groups is 1. The van der Waals surface area contributed by atoms with Crippen molar-refractivity contribution < 1.29 is 14.6 Å². The minimum absolute atomic E-state index is 0.00636. The van der Waals surface area contributed by atoms with Crippen LogP contribution in [0.4, 0.5) is 5.95 Å². The Morgan fingerprint density at radius 2 is 2.50 bits per heavy atom. The van der Waals surface area contributed by atoms with Crippen LogP contribution in [0.15, 0.2) is 11.0 Å². The van der Waals surface area contributed by atoms with Gasteiger partial charge in [-0.3, -0.25) is 4.98 Å². The lowest BCUT2D eigenvalue weighted by atomic mass is 10.2. The molecule has 1 saturated heterocycles. The number of nitrogens with zero attached hydrogens (tertiary/aromatic N) is 3. The van der Waals surface area contributed by atoms with Crippen LogP contribution in [-0.4, -0.2) is 44.2 Å². The summed E-state index contributed by atoms with van der Waals surface area (Å²) in [6.45, 7) is 0.0346. The van der Waals surface area contributed by atoms with Gasteiger partial charge in [0, 0.05) is 5.56 Å². The summed E-state index contributed by atoms with van der Waals surface area (Å²) in [5, 5.41) is 12.8. The molecule has 2 atom stereocenters. The van der Waals surface area contributed by atoms with Gasteiger partial charge in [0.2, 0.25) is 5.95 Å². The second kappa shape index (κ2) is 4.05. The van der Waals surface area contributed by atoms with Crippen LogP contribution >= 0.6 is 0 Å². The summed E-state index contributed by atoms with van der Waals surface area (Å²) in [4.78, 5) is 17.9. The molecule has 2 aromatic heterocycles. The Morgan fingerprint density at radius 1 is 1.67 bits per heavy atom. The van der Waals surface area contributed by atoms with Crippen molar-refractivity contribution in [1.29, 1.82) is 0 Å². The Labute approximate surface area is 100 Å². The number of aromatic nitrogens is 4. The molecule has 0 unspecified atom stereocenters. The van der Waals surface area contributed by atoms with E-state index in [0.717, 1.165) is 4.52 Å². The van der Waals surface area contributed by atoms with Gasteiger partial charge in [-0.25, -0.2) is 4.79 Å². The molecule has 0 bridgehead atoms. The molecule has 18 heavy (non-hydrogen) atoms. The van der Waals surface area contributed by atoms with Crippen LogP contribution in [0.25, 0.3) is 5.65 Å². The molecule has 1 fully saturated rings. The quantitative estimate of drug-likeness (QED) is 0.588. The molecule has 1 aliphatic heterocycles. The number of hydrogen-bond acceptors (Lipinski definition) is 7. The Morgan fingerprint density at radius 3 is 3.22 bits per heavy atom. The molecule has 9 heteroatoms. The average Bonchev–Trinajstić information content (AvgIpc) is 2.93. The maximum absolute atomic E-state index is 11.6. The van der Waals surface area contributed by atoms with Crippen LogP contribution in [0.5, 0.6) is 0 Å². The van der Waals surface area contributed by atoms with E-state index in [2.05, 4.69) is 15.1 Å². The van der Waals surface area contributed by atoms with E-state index >= 15 is 0 Å². The van der Waals surface area contributed by atoms with E-state index in [0.29, 0.717) is 11.2 Å². The fourth-order valence-corrected chi connectivity index (χ4v) is 1.86. The molecule has 4 N–H and O–H groups in total. The highest BCUT2D eigenvalue weighted by atomic mass is 16.7. The van der Waals surface area contributed by atoms with Crippen molar-refractivity contribution >= 4 is 11.6 Å². The van der Waals surface area contributed by atoms with Gasteiger partial charge in [0.1, 0.15) is 6.10 Å². The van der Waals surface area contributed by atoms with E-state index in [1.54, 1.807) is 0 Å². The molecule has 9 nitrogen and oxygen atoms in total. The van der Waals surface area contributed by atoms with Gasteiger partial charge in [0.25, 0.3) is 0 Å². The molecule has 0 aromatic carbocycles. The standard InChI is InChI=1S/C9H11N5O4/c10-8-12-7-4(1-11-14(7)9(16)13-8)5-3-17-6(2-15)18-5/h1,5-6,15H,2-3H2,(H3,10,12,13,16)/t5-,6-/m0/s1. The largest absolute Gasteiger partial charge is 0.391 e. The van der Waals surface area contributed by atoms with E-state index in [-0.39, 0.29) is 19.2 Å². The summed E-state index contributed by atoms with van der Waals surface area (Å²) >= 11 is 0. The third-order valence-corrected chi connectivity index (χ3v) is 2.67. The number of anilines is 1. The predicted octanol–water partition coefficient (Wildman–Crippen LogP) is -1.59. The highest BCUT2D eigenvalue weighted by molar-refractivity contribution is 5.49. The van der Waals surface area contributed by atoms with Crippen LogP contribution in [0.2, 0.25) is 0 Å². The average molecular weight is 253 g/mol. The topological polar surface area (TPSA) is 128 Å². The number of nitrogen functional groups attached to an aromatic ring is 1. The minimum Gasteiger partial charge on any atom is -0.391 e. The minimum atomic E-state index is -0.663. The molecule has 2 aromatic rings. The monoisotopic (exact) mass is 253 g/mol. The van der Waals surface area contributed by atoms with Gasteiger partial charge in [-0.05, 0) is 0 Å². The van der Waals surface area contributed by atoms with Crippen LogP contribution in [0.3, 0.4) is 0 Å². The highest BCUT2D eigenvalue weighted by Crippen LogP contribution is 2.28. The molecule has 0 saturated carbocycles. The first-order valence-electron chi connectivity index (χ1n) is 5.30. The Balaban J connectivity index is 2.05. The summed E-state index contributed by atoms with van der Waals surface area (Å²) in [6.07, 6.45) is 0.391. The zero-order valence-corrected chi connectivity index (χ0v) is 9.24. The van der Waals surface area contributed by atoms with E-state index in [1.807, 2.05) is 0 Å². The molecular weight excluding hydrogens is 242 g/mol. The lowest BCUT2D eigenvalue weighted by Crippen LogP contribution is -2.20. The van der Waals surface area contributed by atoms with Gasteiger partial charge in [-0.1, -0.05) is 0 Å². The number of ether oxygens (including phenoxy) is 2. The first-order valence-corrected chi connectivity index (χ1v) is 5.30. The SMILES string of the molecule is Nc1nc2c([C@@H]3CO[C@H](CO)O3)cnn2c(=O)[nH]1. The molecule has 0 aliphatic carbocycles. The molecule has 0 amide bonds. The summed E-state index contributed by atoms with van der Waals surface area (Å²) in [5.74, 6) is 0.00636. The second-order valence-corrected chi connectivity index (χ2v) is 3.83. The van der Waals surface area contributed by atoms with Crippen molar-refractivity contribution in [1.82, 2.24) is 19.6 Å². The van der Waals surface area contributed by atoms with Crippen LogP contribution in [-0.2, 0) is 9.47 Å². The first-order chi connectivity index (χ1) is 8.69. The maximum atomic E-state index is 11.6. The van der Waals surface area contributed by atoms with Crippen molar-refractivity contribution in [2.45, 2.75) is 12.4 Å². The van der Waals surface area contributed by atoms with Gasteiger partial charge in [0.15, 0.2) is 11.9 Å². The molecule has 0 spiro atoms. The number of H-pyrrole nitrogens is 1. The molecule has 3 rings (SSSR count). The number of aliphatic hydroxyl groups excluding tert-OH is 1. The van der Waals surface area contributed by atoms with Gasteiger partial charge in [-0.15, -0.1) is 0 Å². The van der Waals surface area contributed by atoms with Crippen molar-refractivity contribution in [2.75, 3.05) is 18.9 Å². The molecule has 3 heterocycles. The van der Waals surface area contributed by atoms with Crippen LogP contribution in [0, 0.1) is 0 Å². The smallest absolute Gasteiger partial charge is 0.350 e. The summed E-state index contributed by atoms with van der Waals surface area (Å²) in [5.41, 5.74) is 5.94. The third-order valence-electron chi connectivity index (χ3n) is 2.67. The summed E-state index contributed by atoms with van der Waals surface area (Å²) in [6, 6.07) is 0. The van der Waals surface area contributed by atoms with E-state index in [4.69, 9.17) is 20.3 Å². The van der Waals surface area contributed by atoms with Crippen molar-refractivity contribution in [3.8, 4) is 0 Å². The van der Waals surface area contributed by atoms with Gasteiger partial charge < -0.3 is 20.3 Å². The molecular formula is C9H11N5O4. The van der Waals surface area contributed by atoms with E-state index in [1.165, 1.54) is 6.20 Å². The fourth-order valence-electron chi connectivity index (χ4n) is 1.86. The number of aromatic amines is 1. The number of nitrogens with two attached hydrogens (primary N) is 1. The number of hydrogen-bond donors (Lipinski definition) is 3. The zero-order valence-electron chi connectivity index (χ0n) is 9.24. The second-order valence-electron chi connectivity index (χ2n) is 3.83. The lowest BCUT2D eigenvalue weighted by Gasteiger charge is -2.07.